The Hall–Kier alpha value is -2.11. The third-order valence-corrected chi connectivity index (χ3v) is 7.70. The number of hydrogen-bond acceptors (Lipinski definition) is 3. The Morgan fingerprint density at radius 2 is 1.68 bits per heavy atom. The lowest BCUT2D eigenvalue weighted by molar-refractivity contribution is -0.139. The van der Waals surface area contributed by atoms with Crippen molar-refractivity contribution in [1.29, 1.82) is 0 Å². The molecule has 190 valence electrons. The van der Waals surface area contributed by atoms with Gasteiger partial charge in [0.2, 0.25) is 11.8 Å². The molecule has 34 heavy (non-hydrogen) atoms. The molecule has 1 saturated carbocycles. The summed E-state index contributed by atoms with van der Waals surface area (Å²) in [5, 5.41) is 3.11. The van der Waals surface area contributed by atoms with Crippen molar-refractivity contribution in [2.45, 2.75) is 84.6 Å². The van der Waals surface area contributed by atoms with Gasteiger partial charge in [-0.1, -0.05) is 65.0 Å². The number of nitrogens with zero attached hydrogens (tertiary/aromatic N) is 2. The maximum absolute atomic E-state index is 14.1. The SMILES string of the molecule is CCCCCCC1CCC(C(=O)N[C@H](C(=O)N2CCN(c3ccccc3F)CC2)C(C)C)CC1. The summed E-state index contributed by atoms with van der Waals surface area (Å²) in [5.74, 6) is 0.608. The predicted octanol–water partition coefficient (Wildman–Crippen LogP) is 5.39. The first-order chi connectivity index (χ1) is 16.4. The Kier molecular flexibility index (Phi) is 10.2. The van der Waals surface area contributed by atoms with Gasteiger partial charge in [-0.25, -0.2) is 4.39 Å². The van der Waals surface area contributed by atoms with Gasteiger partial charge in [0.1, 0.15) is 11.9 Å². The molecule has 0 unspecified atom stereocenters. The maximum Gasteiger partial charge on any atom is 0.245 e. The predicted molar refractivity (Wildman–Crippen MR) is 136 cm³/mol. The zero-order valence-corrected chi connectivity index (χ0v) is 21.4. The summed E-state index contributed by atoms with van der Waals surface area (Å²) in [4.78, 5) is 30.2. The van der Waals surface area contributed by atoms with Crippen LogP contribution in [-0.4, -0.2) is 48.9 Å². The van der Waals surface area contributed by atoms with E-state index in [0.717, 1.165) is 31.6 Å². The highest BCUT2D eigenvalue weighted by atomic mass is 19.1. The molecule has 2 aliphatic rings. The second-order valence-corrected chi connectivity index (χ2v) is 10.6. The fraction of sp³-hybridized carbons (Fsp3) is 0.714. The van der Waals surface area contributed by atoms with Crippen LogP contribution in [0.1, 0.15) is 78.6 Å². The van der Waals surface area contributed by atoms with Crippen LogP contribution in [0.2, 0.25) is 0 Å². The molecule has 6 heteroatoms. The second-order valence-electron chi connectivity index (χ2n) is 10.6. The summed E-state index contributed by atoms with van der Waals surface area (Å²) in [6.07, 6.45) is 10.6. The summed E-state index contributed by atoms with van der Waals surface area (Å²) in [5.41, 5.74) is 0.587. The molecule has 1 aromatic rings. The van der Waals surface area contributed by atoms with Crippen molar-refractivity contribution in [1.82, 2.24) is 10.2 Å². The summed E-state index contributed by atoms with van der Waals surface area (Å²) < 4.78 is 14.1. The number of hydrogen-bond donors (Lipinski definition) is 1. The minimum Gasteiger partial charge on any atom is -0.366 e. The summed E-state index contributed by atoms with van der Waals surface area (Å²) in [7, 11) is 0. The molecule has 1 aliphatic carbocycles. The number of unbranched alkanes of at least 4 members (excludes halogenated alkanes) is 3. The Bertz CT molecular complexity index is 784. The van der Waals surface area contributed by atoms with E-state index in [1.807, 2.05) is 29.7 Å². The molecule has 1 heterocycles. The molecule has 2 amide bonds. The molecular weight excluding hydrogens is 429 g/mol. The van der Waals surface area contributed by atoms with E-state index in [1.54, 1.807) is 12.1 Å². The van der Waals surface area contributed by atoms with Crippen LogP contribution < -0.4 is 10.2 Å². The zero-order chi connectivity index (χ0) is 24.5. The average molecular weight is 474 g/mol. The first-order valence-corrected chi connectivity index (χ1v) is 13.5. The molecule has 5 nitrogen and oxygen atoms in total. The minimum absolute atomic E-state index is 0.0128. The van der Waals surface area contributed by atoms with Gasteiger partial charge >= 0.3 is 0 Å². The Labute approximate surface area is 205 Å². The second kappa shape index (κ2) is 13.1. The third kappa shape index (κ3) is 7.19. The highest BCUT2D eigenvalue weighted by molar-refractivity contribution is 5.89. The van der Waals surface area contributed by atoms with Crippen molar-refractivity contribution in [3.05, 3.63) is 30.1 Å². The normalized spacial score (nSPS) is 22.0. The lowest BCUT2D eigenvalue weighted by Crippen LogP contribution is -2.57. The van der Waals surface area contributed by atoms with Gasteiger partial charge in [0.25, 0.3) is 0 Å². The summed E-state index contributed by atoms with van der Waals surface area (Å²) in [6, 6.07) is 6.27. The third-order valence-electron chi connectivity index (χ3n) is 7.70. The number of halogens is 1. The molecule has 2 fully saturated rings. The van der Waals surface area contributed by atoms with Gasteiger partial charge < -0.3 is 15.1 Å². The van der Waals surface area contributed by atoms with Gasteiger partial charge in [-0.3, -0.25) is 9.59 Å². The van der Waals surface area contributed by atoms with E-state index in [0.29, 0.717) is 31.9 Å². The molecule has 0 radical (unpaired) electrons. The van der Waals surface area contributed by atoms with Gasteiger partial charge in [-0.05, 0) is 49.7 Å². The molecule has 0 spiro atoms. The number of piperazine rings is 1. The van der Waals surface area contributed by atoms with E-state index in [4.69, 9.17) is 0 Å². The van der Waals surface area contributed by atoms with Crippen LogP contribution >= 0.6 is 0 Å². The maximum atomic E-state index is 14.1. The van der Waals surface area contributed by atoms with Crippen molar-refractivity contribution >= 4 is 17.5 Å². The van der Waals surface area contributed by atoms with Crippen LogP contribution in [0.4, 0.5) is 10.1 Å². The number of para-hydroxylation sites is 1. The van der Waals surface area contributed by atoms with E-state index < -0.39 is 6.04 Å². The van der Waals surface area contributed by atoms with E-state index in [-0.39, 0.29) is 29.5 Å². The Morgan fingerprint density at radius 1 is 1.00 bits per heavy atom. The number of anilines is 1. The summed E-state index contributed by atoms with van der Waals surface area (Å²) in [6.45, 7) is 8.48. The minimum atomic E-state index is -0.501. The van der Waals surface area contributed by atoms with Gasteiger partial charge in [-0.2, -0.15) is 0 Å². The quantitative estimate of drug-likeness (QED) is 0.464. The largest absolute Gasteiger partial charge is 0.366 e. The highest BCUT2D eigenvalue weighted by Crippen LogP contribution is 2.32. The molecule has 1 aromatic carbocycles. The van der Waals surface area contributed by atoms with Crippen molar-refractivity contribution in [2.24, 2.45) is 17.8 Å². The Morgan fingerprint density at radius 3 is 2.29 bits per heavy atom. The monoisotopic (exact) mass is 473 g/mol. The lowest BCUT2D eigenvalue weighted by atomic mass is 9.79. The molecular formula is C28H44FN3O2. The Balaban J connectivity index is 1.47. The van der Waals surface area contributed by atoms with Gasteiger partial charge in [0.05, 0.1) is 5.69 Å². The first-order valence-electron chi connectivity index (χ1n) is 13.5. The van der Waals surface area contributed by atoms with Crippen molar-refractivity contribution in [2.75, 3.05) is 31.1 Å². The van der Waals surface area contributed by atoms with Crippen LogP contribution in [0.5, 0.6) is 0 Å². The number of amides is 2. The first kappa shape index (κ1) is 26.5. The van der Waals surface area contributed by atoms with Crippen molar-refractivity contribution in [3.63, 3.8) is 0 Å². The standard InChI is InChI=1S/C28H44FN3O2/c1-4-5-6-7-10-22-13-15-23(16-14-22)27(33)30-26(21(2)3)28(34)32-19-17-31(18-20-32)25-12-9-8-11-24(25)29/h8-9,11-12,21-23,26H,4-7,10,13-20H2,1-3H3,(H,30,33)/t22?,23?,26-/m0/s1. The van der Waals surface area contributed by atoms with E-state index in [1.165, 1.54) is 38.2 Å². The van der Waals surface area contributed by atoms with Crippen LogP contribution in [0.25, 0.3) is 0 Å². The van der Waals surface area contributed by atoms with Crippen LogP contribution in [0, 0.1) is 23.6 Å². The van der Waals surface area contributed by atoms with Crippen molar-refractivity contribution < 1.29 is 14.0 Å². The number of nitrogens with one attached hydrogen (secondary N) is 1. The highest BCUT2D eigenvalue weighted by Gasteiger charge is 2.34. The van der Waals surface area contributed by atoms with E-state index in [2.05, 4.69) is 12.2 Å². The van der Waals surface area contributed by atoms with Crippen LogP contribution in [-0.2, 0) is 9.59 Å². The topological polar surface area (TPSA) is 52.7 Å². The fourth-order valence-electron chi connectivity index (χ4n) is 5.43. The molecule has 1 N–H and O–H groups in total. The molecule has 0 bridgehead atoms. The van der Waals surface area contributed by atoms with Crippen LogP contribution in [0.15, 0.2) is 24.3 Å². The van der Waals surface area contributed by atoms with Gasteiger partial charge in [0.15, 0.2) is 0 Å². The average Bonchev–Trinajstić information content (AvgIpc) is 2.85. The smallest absolute Gasteiger partial charge is 0.245 e. The van der Waals surface area contributed by atoms with E-state index >= 15 is 0 Å². The molecule has 1 aliphatic heterocycles. The number of carbonyl (C=O) groups excluding carboxylic acids is 2. The lowest BCUT2D eigenvalue weighted by Gasteiger charge is -2.38. The number of benzene rings is 1. The van der Waals surface area contributed by atoms with Gasteiger partial charge in [-0.15, -0.1) is 0 Å². The number of rotatable bonds is 10. The van der Waals surface area contributed by atoms with E-state index in [9.17, 15) is 14.0 Å². The zero-order valence-electron chi connectivity index (χ0n) is 21.4. The summed E-state index contributed by atoms with van der Waals surface area (Å²) >= 11 is 0. The van der Waals surface area contributed by atoms with Gasteiger partial charge in [0, 0.05) is 32.1 Å². The molecule has 1 atom stereocenters. The number of carbonyl (C=O) groups is 2. The van der Waals surface area contributed by atoms with Crippen molar-refractivity contribution in [3.8, 4) is 0 Å². The molecule has 0 aromatic heterocycles. The molecule has 3 rings (SSSR count). The van der Waals surface area contributed by atoms with Crippen LogP contribution in [0.3, 0.4) is 0 Å². The fourth-order valence-corrected chi connectivity index (χ4v) is 5.43. The molecule has 1 saturated heterocycles.